The van der Waals surface area contributed by atoms with Crippen molar-refractivity contribution >= 4 is 52.6 Å². The average Bonchev–Trinajstić information content (AvgIpc) is 3.04. The topological polar surface area (TPSA) is 133 Å². The molecule has 0 heterocycles. The van der Waals surface area contributed by atoms with Crippen LogP contribution in [-0.2, 0) is 20.8 Å². The van der Waals surface area contributed by atoms with E-state index in [1.807, 2.05) is 0 Å². The van der Waals surface area contributed by atoms with Gasteiger partial charge in [-0.05, 0) is 55.0 Å². The van der Waals surface area contributed by atoms with Gasteiger partial charge in [-0.25, -0.2) is 4.79 Å². The largest absolute Gasteiger partial charge is 0.481 e. The molecule has 2 amide bonds. The molecule has 36 heavy (non-hydrogen) atoms. The molecular weight excluding hydrogens is 507 g/mol. The van der Waals surface area contributed by atoms with Gasteiger partial charge in [-0.3, -0.25) is 14.4 Å². The van der Waals surface area contributed by atoms with E-state index in [-0.39, 0.29) is 22.0 Å². The van der Waals surface area contributed by atoms with Crippen LogP contribution >= 0.6 is 23.2 Å². The van der Waals surface area contributed by atoms with Gasteiger partial charge >= 0.3 is 11.9 Å². The summed E-state index contributed by atoms with van der Waals surface area (Å²) in [5.41, 5.74) is -0.709. The van der Waals surface area contributed by atoms with E-state index < -0.39 is 46.5 Å². The summed E-state index contributed by atoms with van der Waals surface area (Å²) in [6.45, 7) is 5.09. The number of nitrogens with one attached hydrogen (secondary N) is 2. The van der Waals surface area contributed by atoms with Gasteiger partial charge in [0.1, 0.15) is 6.04 Å². The van der Waals surface area contributed by atoms with E-state index in [0.29, 0.717) is 24.1 Å². The Kier molecular flexibility index (Phi) is 8.00. The highest BCUT2D eigenvalue weighted by atomic mass is 35.5. The van der Waals surface area contributed by atoms with Crippen molar-refractivity contribution in [3.05, 3.63) is 63.6 Å². The fraction of sp³-hybridized carbons (Fsp3) is 0.385. The Labute approximate surface area is 219 Å². The third-order valence-electron chi connectivity index (χ3n) is 7.47. The zero-order valence-corrected chi connectivity index (χ0v) is 21.6. The molecule has 3 rings (SSSR count). The smallest absolute Gasteiger partial charge is 0.326 e. The minimum atomic E-state index is -1.20. The lowest BCUT2D eigenvalue weighted by molar-refractivity contribution is -0.155. The third-order valence-corrected chi connectivity index (χ3v) is 8.10. The van der Waals surface area contributed by atoms with Gasteiger partial charge in [-0.1, -0.05) is 55.2 Å². The van der Waals surface area contributed by atoms with Gasteiger partial charge in [-0.2, -0.15) is 0 Å². The lowest BCUT2D eigenvalue weighted by Crippen LogP contribution is -2.49. The van der Waals surface area contributed by atoms with E-state index in [9.17, 15) is 29.4 Å². The summed E-state index contributed by atoms with van der Waals surface area (Å²) < 4.78 is 0. The highest BCUT2D eigenvalue weighted by Crippen LogP contribution is 2.56. The van der Waals surface area contributed by atoms with Crippen LogP contribution in [0.3, 0.4) is 0 Å². The van der Waals surface area contributed by atoms with Crippen LogP contribution in [0.4, 0.5) is 5.69 Å². The maximum absolute atomic E-state index is 13.0. The number of anilines is 1. The highest BCUT2D eigenvalue weighted by Gasteiger charge is 2.58. The third kappa shape index (κ3) is 5.34. The van der Waals surface area contributed by atoms with Crippen LogP contribution in [0, 0.1) is 16.7 Å². The first-order valence-electron chi connectivity index (χ1n) is 11.4. The molecule has 0 aromatic heterocycles. The lowest BCUT2D eigenvalue weighted by atomic mass is 9.65. The number of carbonyl (C=O) groups is 4. The molecule has 0 spiro atoms. The molecule has 2 aromatic rings. The van der Waals surface area contributed by atoms with Crippen LogP contribution in [0.15, 0.2) is 42.5 Å². The Balaban J connectivity index is 1.68. The summed E-state index contributed by atoms with van der Waals surface area (Å²) >= 11 is 12.2. The number of halogens is 2. The summed E-state index contributed by atoms with van der Waals surface area (Å²) in [5.74, 6) is -3.76. The van der Waals surface area contributed by atoms with Crippen LogP contribution in [0.25, 0.3) is 0 Å². The Morgan fingerprint density at radius 3 is 2.08 bits per heavy atom. The summed E-state index contributed by atoms with van der Waals surface area (Å²) in [4.78, 5) is 49.3. The minimum Gasteiger partial charge on any atom is -0.481 e. The maximum Gasteiger partial charge on any atom is 0.326 e. The Bertz CT molecular complexity index is 1180. The molecular formula is C26H28Cl2N2O6. The highest BCUT2D eigenvalue weighted by molar-refractivity contribution is 6.40. The number of amides is 2. The van der Waals surface area contributed by atoms with Gasteiger partial charge in [0.2, 0.25) is 5.91 Å². The molecule has 0 saturated heterocycles. The molecule has 0 aliphatic heterocycles. The maximum atomic E-state index is 13.0. The number of carboxylic acid groups (broad SMARTS) is 2. The van der Waals surface area contributed by atoms with Crippen LogP contribution in [0.5, 0.6) is 0 Å². The minimum absolute atomic E-state index is 0.00892. The van der Waals surface area contributed by atoms with Crippen molar-refractivity contribution in [2.75, 3.05) is 5.32 Å². The number of benzene rings is 2. The molecule has 10 heteroatoms. The van der Waals surface area contributed by atoms with Gasteiger partial charge in [0.25, 0.3) is 5.91 Å². The molecule has 4 N–H and O–H groups in total. The van der Waals surface area contributed by atoms with Gasteiger partial charge in [0, 0.05) is 18.0 Å². The molecule has 1 saturated carbocycles. The molecule has 1 aliphatic rings. The van der Waals surface area contributed by atoms with Crippen LogP contribution in [-0.4, -0.2) is 40.0 Å². The van der Waals surface area contributed by atoms with Gasteiger partial charge in [0.05, 0.1) is 21.0 Å². The molecule has 0 bridgehead atoms. The molecule has 3 atom stereocenters. The Morgan fingerprint density at radius 2 is 1.58 bits per heavy atom. The van der Waals surface area contributed by atoms with Crippen molar-refractivity contribution in [2.24, 2.45) is 16.7 Å². The van der Waals surface area contributed by atoms with E-state index in [1.54, 1.807) is 63.2 Å². The number of carbonyl (C=O) groups excluding carboxylic acids is 2. The molecule has 192 valence electrons. The predicted octanol–water partition coefficient (Wildman–Crippen LogP) is 4.88. The van der Waals surface area contributed by atoms with E-state index in [2.05, 4.69) is 10.6 Å². The molecule has 2 aromatic carbocycles. The molecule has 1 fully saturated rings. The van der Waals surface area contributed by atoms with Crippen molar-refractivity contribution in [1.29, 1.82) is 0 Å². The van der Waals surface area contributed by atoms with Crippen molar-refractivity contribution in [2.45, 2.75) is 46.1 Å². The van der Waals surface area contributed by atoms with Crippen LogP contribution in [0.2, 0.25) is 10.0 Å². The second kappa shape index (κ2) is 10.5. The van der Waals surface area contributed by atoms with E-state index >= 15 is 0 Å². The quantitative estimate of drug-likeness (QED) is 0.381. The van der Waals surface area contributed by atoms with Crippen molar-refractivity contribution in [3.63, 3.8) is 0 Å². The molecule has 2 unspecified atom stereocenters. The zero-order chi connectivity index (χ0) is 26.8. The van der Waals surface area contributed by atoms with E-state index in [0.717, 1.165) is 0 Å². The second-order valence-corrected chi connectivity index (χ2v) is 10.6. The second-order valence-electron chi connectivity index (χ2n) is 9.80. The Hall–Kier alpha value is -3.10. The molecule has 0 radical (unpaired) electrons. The van der Waals surface area contributed by atoms with E-state index in [4.69, 9.17) is 23.2 Å². The van der Waals surface area contributed by atoms with Crippen molar-refractivity contribution in [3.8, 4) is 0 Å². The normalized spacial score (nSPS) is 21.4. The predicted molar refractivity (Wildman–Crippen MR) is 136 cm³/mol. The average molecular weight is 535 g/mol. The summed E-state index contributed by atoms with van der Waals surface area (Å²) in [7, 11) is 0. The first kappa shape index (κ1) is 27.5. The van der Waals surface area contributed by atoms with Gasteiger partial charge < -0.3 is 20.8 Å². The van der Waals surface area contributed by atoms with Crippen molar-refractivity contribution in [1.82, 2.24) is 5.32 Å². The zero-order valence-electron chi connectivity index (χ0n) is 20.1. The van der Waals surface area contributed by atoms with Gasteiger partial charge in [0.15, 0.2) is 0 Å². The Morgan fingerprint density at radius 1 is 1.00 bits per heavy atom. The summed E-state index contributed by atoms with van der Waals surface area (Å²) in [6.07, 6.45) is 0.699. The number of hydrogen-bond acceptors (Lipinski definition) is 4. The number of carboxylic acids is 2. The first-order chi connectivity index (χ1) is 16.8. The molecule has 8 nitrogen and oxygen atoms in total. The SMILES string of the molecule is CC1(C(=O)O)CCC(C(=O)N[C@H](Cc2ccc(NC(=O)c3c(Cl)cccc3Cl)cc2)C(=O)O)C1(C)C. The summed E-state index contributed by atoms with van der Waals surface area (Å²) in [5, 5.41) is 25.1. The van der Waals surface area contributed by atoms with Gasteiger partial charge in [-0.15, -0.1) is 0 Å². The monoisotopic (exact) mass is 534 g/mol. The lowest BCUT2D eigenvalue weighted by Gasteiger charge is -2.38. The molecule has 1 aliphatic carbocycles. The fourth-order valence-corrected chi connectivity index (χ4v) is 5.25. The van der Waals surface area contributed by atoms with Crippen LogP contribution < -0.4 is 10.6 Å². The summed E-state index contributed by atoms with van der Waals surface area (Å²) in [6, 6.07) is 10.1. The standard InChI is InChI=1S/C26H28Cl2N2O6/c1-25(2)16(11-12-26(25,3)24(35)36)21(31)30-19(23(33)34)13-14-7-9-15(10-8-14)29-22(32)20-17(27)5-4-6-18(20)28/h4-10,16,19H,11-13H2,1-3H3,(H,29,32)(H,30,31)(H,33,34)(H,35,36)/t16?,19-,26?/m1/s1. The first-order valence-corrected chi connectivity index (χ1v) is 12.1. The number of aliphatic carboxylic acids is 2. The number of hydrogen-bond donors (Lipinski definition) is 4. The van der Waals surface area contributed by atoms with E-state index in [1.165, 1.54) is 0 Å². The van der Waals surface area contributed by atoms with Crippen molar-refractivity contribution < 1.29 is 29.4 Å². The van der Waals surface area contributed by atoms with Crippen LogP contribution in [0.1, 0.15) is 49.5 Å². The fourth-order valence-electron chi connectivity index (χ4n) is 4.68. The number of rotatable bonds is 8.